The molecule has 2 aromatic rings. The lowest BCUT2D eigenvalue weighted by atomic mass is 10.0. The summed E-state index contributed by atoms with van der Waals surface area (Å²) in [6.45, 7) is 7.83. The Kier molecular flexibility index (Phi) is 8.16. The number of carbonyl (C=O) groups is 2. The van der Waals surface area contributed by atoms with Gasteiger partial charge in [-0.25, -0.2) is 0 Å². The van der Waals surface area contributed by atoms with Gasteiger partial charge in [0.1, 0.15) is 11.8 Å². The lowest BCUT2D eigenvalue weighted by Gasteiger charge is -2.39. The second-order valence-electron chi connectivity index (χ2n) is 8.81. The second kappa shape index (κ2) is 11.5. The van der Waals surface area contributed by atoms with Crippen LogP contribution >= 0.6 is 0 Å². The van der Waals surface area contributed by atoms with Crippen LogP contribution in [0.25, 0.3) is 0 Å². The van der Waals surface area contributed by atoms with Gasteiger partial charge in [0.15, 0.2) is 0 Å². The van der Waals surface area contributed by atoms with Gasteiger partial charge in [-0.1, -0.05) is 36.4 Å². The Hall–Kier alpha value is -2.94. The summed E-state index contributed by atoms with van der Waals surface area (Å²) in [4.78, 5) is 32.5. The van der Waals surface area contributed by atoms with Crippen molar-refractivity contribution in [3.8, 4) is 5.75 Å². The average molecular weight is 467 g/mol. The molecule has 1 atom stereocenters. The number of benzene rings is 2. The summed E-state index contributed by atoms with van der Waals surface area (Å²) < 4.78 is 10.8. The third-order valence-electron chi connectivity index (χ3n) is 6.47. The van der Waals surface area contributed by atoms with E-state index in [9.17, 15) is 9.59 Å². The molecular weight excluding hydrogens is 432 g/mol. The Balaban J connectivity index is 1.43. The molecule has 0 aliphatic carbocycles. The summed E-state index contributed by atoms with van der Waals surface area (Å²) in [6.07, 6.45) is 0. The summed E-state index contributed by atoms with van der Waals surface area (Å²) in [5.74, 6) is 0.700. The molecule has 182 valence electrons. The minimum absolute atomic E-state index is 0.0899. The Morgan fingerprint density at radius 3 is 2.38 bits per heavy atom. The van der Waals surface area contributed by atoms with Crippen LogP contribution in [0.15, 0.2) is 48.5 Å². The van der Waals surface area contributed by atoms with E-state index in [2.05, 4.69) is 15.1 Å². The molecule has 2 fully saturated rings. The molecule has 0 bridgehead atoms. The number of anilines is 1. The van der Waals surface area contributed by atoms with Crippen molar-refractivity contribution in [1.29, 1.82) is 0 Å². The van der Waals surface area contributed by atoms with E-state index < -0.39 is 6.04 Å². The minimum Gasteiger partial charge on any atom is -0.495 e. The van der Waals surface area contributed by atoms with Gasteiger partial charge < -0.3 is 19.7 Å². The third-order valence-corrected chi connectivity index (χ3v) is 6.47. The van der Waals surface area contributed by atoms with Crippen LogP contribution in [0.1, 0.15) is 17.2 Å². The van der Waals surface area contributed by atoms with Crippen molar-refractivity contribution in [1.82, 2.24) is 14.7 Å². The number of piperazine rings is 1. The van der Waals surface area contributed by atoms with Gasteiger partial charge >= 0.3 is 0 Å². The van der Waals surface area contributed by atoms with Gasteiger partial charge in [-0.3, -0.25) is 19.4 Å². The molecule has 4 rings (SSSR count). The number of ether oxygens (including phenoxy) is 2. The molecule has 34 heavy (non-hydrogen) atoms. The van der Waals surface area contributed by atoms with Crippen LogP contribution in [0.2, 0.25) is 0 Å². The molecule has 2 amide bonds. The van der Waals surface area contributed by atoms with Crippen molar-refractivity contribution < 1.29 is 19.1 Å². The number of methoxy groups -OCH3 is 1. The number of nitrogens with zero attached hydrogens (tertiary/aromatic N) is 3. The minimum atomic E-state index is -0.427. The van der Waals surface area contributed by atoms with E-state index in [0.29, 0.717) is 57.4 Å². The van der Waals surface area contributed by atoms with Crippen LogP contribution < -0.4 is 10.1 Å². The molecule has 0 saturated carbocycles. The zero-order valence-electron chi connectivity index (χ0n) is 20.0. The Labute approximate surface area is 201 Å². The zero-order valence-corrected chi connectivity index (χ0v) is 20.0. The van der Waals surface area contributed by atoms with Crippen LogP contribution in [0.5, 0.6) is 5.75 Å². The summed E-state index contributed by atoms with van der Waals surface area (Å²) >= 11 is 0. The molecular formula is C26H34N4O4. The first-order valence-electron chi connectivity index (χ1n) is 11.9. The molecule has 2 aliphatic rings. The Morgan fingerprint density at radius 1 is 1.00 bits per heavy atom. The van der Waals surface area contributed by atoms with E-state index >= 15 is 0 Å². The van der Waals surface area contributed by atoms with E-state index in [4.69, 9.17) is 9.47 Å². The number of amides is 2. The van der Waals surface area contributed by atoms with Gasteiger partial charge in [0, 0.05) is 39.3 Å². The summed E-state index contributed by atoms with van der Waals surface area (Å²) in [7, 11) is 1.60. The van der Waals surface area contributed by atoms with Gasteiger partial charge in [-0.2, -0.15) is 0 Å². The number of aryl methyl sites for hydroxylation is 1. The van der Waals surface area contributed by atoms with Crippen molar-refractivity contribution in [2.24, 2.45) is 0 Å². The fraction of sp³-hybridized carbons (Fsp3) is 0.462. The lowest BCUT2D eigenvalue weighted by Crippen LogP contribution is -2.53. The standard InChI is InChI=1S/C26H34N4O4/c1-20-8-9-23(33-2)22(18-20)27-26(32)25(21-6-4-3-5-7-21)30-12-10-28(11-13-30)19-24(31)29-14-16-34-17-15-29/h3-9,18,25H,10-17,19H2,1-2H3,(H,27,32)/t25-/m0/s1. The summed E-state index contributed by atoms with van der Waals surface area (Å²) in [5.41, 5.74) is 2.67. The molecule has 0 radical (unpaired) electrons. The number of rotatable bonds is 7. The first-order chi connectivity index (χ1) is 16.5. The maximum absolute atomic E-state index is 13.6. The highest BCUT2D eigenvalue weighted by atomic mass is 16.5. The molecule has 2 aromatic carbocycles. The normalized spacial score (nSPS) is 18.4. The SMILES string of the molecule is COc1ccc(C)cc1NC(=O)[C@H](c1ccccc1)N1CCN(CC(=O)N2CCOCC2)CC1. The van der Waals surface area contributed by atoms with Crippen molar-refractivity contribution in [2.75, 3.05) is 71.5 Å². The predicted octanol–water partition coefficient (Wildman–Crippen LogP) is 2.16. The van der Waals surface area contributed by atoms with E-state index in [0.717, 1.165) is 24.2 Å². The first kappa shape index (κ1) is 24.2. The highest BCUT2D eigenvalue weighted by Crippen LogP contribution is 2.29. The molecule has 2 aliphatic heterocycles. The number of morpholine rings is 1. The first-order valence-corrected chi connectivity index (χ1v) is 11.9. The van der Waals surface area contributed by atoms with Gasteiger partial charge in [0.2, 0.25) is 11.8 Å². The van der Waals surface area contributed by atoms with Crippen molar-refractivity contribution in [2.45, 2.75) is 13.0 Å². The zero-order chi connectivity index (χ0) is 23.9. The molecule has 8 heteroatoms. The van der Waals surface area contributed by atoms with Crippen LogP contribution in [0.3, 0.4) is 0 Å². The molecule has 1 N–H and O–H groups in total. The fourth-order valence-electron chi connectivity index (χ4n) is 4.57. The highest BCUT2D eigenvalue weighted by molar-refractivity contribution is 5.97. The topological polar surface area (TPSA) is 74.4 Å². The number of nitrogens with one attached hydrogen (secondary N) is 1. The van der Waals surface area contributed by atoms with Crippen molar-refractivity contribution in [3.05, 3.63) is 59.7 Å². The second-order valence-corrected chi connectivity index (χ2v) is 8.81. The largest absolute Gasteiger partial charge is 0.495 e. The lowest BCUT2D eigenvalue weighted by molar-refractivity contribution is -0.137. The monoisotopic (exact) mass is 466 g/mol. The van der Waals surface area contributed by atoms with E-state index in [1.165, 1.54) is 0 Å². The maximum atomic E-state index is 13.6. The molecule has 8 nitrogen and oxygen atoms in total. The van der Waals surface area contributed by atoms with Crippen LogP contribution in [0.4, 0.5) is 5.69 Å². The van der Waals surface area contributed by atoms with Gasteiger partial charge in [-0.15, -0.1) is 0 Å². The number of carbonyl (C=O) groups excluding carboxylic acids is 2. The molecule has 2 saturated heterocycles. The smallest absolute Gasteiger partial charge is 0.246 e. The van der Waals surface area contributed by atoms with E-state index in [-0.39, 0.29) is 11.8 Å². The van der Waals surface area contributed by atoms with Crippen molar-refractivity contribution >= 4 is 17.5 Å². The summed E-state index contributed by atoms with van der Waals surface area (Å²) in [5, 5.41) is 3.09. The van der Waals surface area contributed by atoms with Crippen LogP contribution in [-0.4, -0.2) is 92.7 Å². The predicted molar refractivity (Wildman–Crippen MR) is 131 cm³/mol. The molecule has 2 heterocycles. The van der Waals surface area contributed by atoms with Gasteiger partial charge in [-0.05, 0) is 30.2 Å². The fourth-order valence-corrected chi connectivity index (χ4v) is 4.57. The van der Waals surface area contributed by atoms with E-state index in [1.807, 2.05) is 60.4 Å². The molecule has 0 spiro atoms. The maximum Gasteiger partial charge on any atom is 0.246 e. The van der Waals surface area contributed by atoms with Crippen molar-refractivity contribution in [3.63, 3.8) is 0 Å². The molecule has 0 unspecified atom stereocenters. The van der Waals surface area contributed by atoms with E-state index in [1.54, 1.807) is 7.11 Å². The van der Waals surface area contributed by atoms with Gasteiger partial charge in [0.05, 0.1) is 32.6 Å². The molecule has 0 aromatic heterocycles. The summed E-state index contributed by atoms with van der Waals surface area (Å²) in [6, 6.07) is 15.2. The quantitative estimate of drug-likeness (QED) is 0.674. The number of hydrogen-bond acceptors (Lipinski definition) is 6. The average Bonchev–Trinajstić information content (AvgIpc) is 2.86. The number of hydrogen-bond donors (Lipinski definition) is 1. The van der Waals surface area contributed by atoms with Gasteiger partial charge in [0.25, 0.3) is 0 Å². The highest BCUT2D eigenvalue weighted by Gasteiger charge is 2.32. The van der Waals surface area contributed by atoms with Crippen LogP contribution in [-0.2, 0) is 14.3 Å². The Morgan fingerprint density at radius 2 is 1.71 bits per heavy atom. The third kappa shape index (κ3) is 5.94. The Bertz CT molecular complexity index is 970. The van der Waals surface area contributed by atoms with Crippen LogP contribution in [0, 0.1) is 6.92 Å².